The minimum absolute atomic E-state index is 0.115. The zero-order valence-corrected chi connectivity index (χ0v) is 11.6. The first kappa shape index (κ1) is 14.6. The molecule has 19 heavy (non-hydrogen) atoms. The van der Waals surface area contributed by atoms with E-state index in [0.29, 0.717) is 22.9 Å². The normalized spacial score (nSPS) is 25.2. The number of benzene rings is 1. The van der Waals surface area contributed by atoms with Crippen molar-refractivity contribution in [1.82, 2.24) is 4.31 Å². The Labute approximate surface area is 119 Å². The molecule has 2 rings (SSSR count). The Hall–Kier alpha value is -0.810. The summed E-state index contributed by atoms with van der Waals surface area (Å²) in [6, 6.07) is 6.54. The van der Waals surface area contributed by atoms with Crippen molar-refractivity contribution in [2.24, 2.45) is 0 Å². The zero-order chi connectivity index (χ0) is 14.0. The van der Waals surface area contributed by atoms with Gasteiger partial charge in [-0.15, -0.1) is 4.31 Å². The van der Waals surface area contributed by atoms with Gasteiger partial charge in [-0.1, -0.05) is 11.6 Å². The fourth-order valence-electron chi connectivity index (χ4n) is 1.97. The van der Waals surface area contributed by atoms with Crippen LogP contribution in [0.15, 0.2) is 23.1 Å². The zero-order valence-electron chi connectivity index (χ0n) is 10.0. The summed E-state index contributed by atoms with van der Waals surface area (Å²) in [5.74, 6) is 0. The van der Waals surface area contributed by atoms with E-state index in [1.165, 1.54) is 6.07 Å². The molecule has 0 spiro atoms. The van der Waals surface area contributed by atoms with Gasteiger partial charge >= 0.3 is 0 Å². The molecule has 1 aromatic rings. The average molecular weight is 301 g/mol. The molecule has 1 aromatic carbocycles. The minimum Gasteiger partial charge on any atom is -0.593 e. The summed E-state index contributed by atoms with van der Waals surface area (Å²) >= 11 is 4.25. The number of hydrogen-bond donors (Lipinski definition) is 2. The number of β-amino-alcohol motifs (C(OH)–C–C–N with tert-alkyl or cyclic N) is 1. The van der Waals surface area contributed by atoms with Crippen LogP contribution < -0.4 is 0 Å². The van der Waals surface area contributed by atoms with E-state index in [1.807, 2.05) is 6.07 Å². The van der Waals surface area contributed by atoms with Crippen LogP contribution in [0.4, 0.5) is 0 Å². The van der Waals surface area contributed by atoms with E-state index in [2.05, 4.69) is 0 Å². The van der Waals surface area contributed by atoms with Crippen molar-refractivity contribution >= 4 is 23.0 Å². The third kappa shape index (κ3) is 3.03. The molecule has 7 heteroatoms. The molecule has 0 amide bonds. The number of nitrogens with zero attached hydrogens (tertiary/aromatic N) is 2. The topological polar surface area (TPSA) is 90.5 Å². The lowest BCUT2D eigenvalue weighted by Crippen LogP contribution is -2.38. The predicted molar refractivity (Wildman–Crippen MR) is 70.8 cm³/mol. The number of rotatable bonds is 3. The smallest absolute Gasteiger partial charge is 0.191 e. The van der Waals surface area contributed by atoms with Crippen molar-refractivity contribution in [3.63, 3.8) is 0 Å². The van der Waals surface area contributed by atoms with Crippen LogP contribution in [0.1, 0.15) is 12.0 Å². The first-order valence-corrected chi connectivity index (χ1v) is 7.17. The molecule has 102 valence electrons. The second kappa shape index (κ2) is 5.67. The van der Waals surface area contributed by atoms with Gasteiger partial charge in [0.25, 0.3) is 0 Å². The molecule has 0 bridgehead atoms. The summed E-state index contributed by atoms with van der Waals surface area (Å²) in [6.45, 7) is 0.146. The summed E-state index contributed by atoms with van der Waals surface area (Å²) in [6.07, 6.45) is 0.352. The van der Waals surface area contributed by atoms with Crippen molar-refractivity contribution in [2.75, 3.05) is 19.7 Å². The number of halogens is 1. The molecule has 1 aliphatic heterocycles. The van der Waals surface area contributed by atoms with Gasteiger partial charge in [-0.25, -0.2) is 0 Å². The lowest BCUT2D eigenvalue weighted by atomic mass is 10.1. The average Bonchev–Trinajstić information content (AvgIpc) is 2.81. The Morgan fingerprint density at radius 3 is 2.89 bits per heavy atom. The van der Waals surface area contributed by atoms with Crippen LogP contribution in [-0.4, -0.2) is 44.4 Å². The van der Waals surface area contributed by atoms with Crippen LogP contribution in [0, 0.1) is 11.3 Å². The van der Waals surface area contributed by atoms with Gasteiger partial charge in [0.1, 0.15) is 17.2 Å². The Bertz CT molecular complexity index is 522. The maximum Gasteiger partial charge on any atom is 0.191 e. The van der Waals surface area contributed by atoms with Crippen molar-refractivity contribution in [1.29, 1.82) is 5.26 Å². The molecule has 5 nitrogen and oxygen atoms in total. The SMILES string of the molecule is N#Cc1cc(Cl)ccc1[S+]([O-])N1CCC(O)(CO)C1. The molecular formula is C12H13ClN2O3S. The number of aliphatic hydroxyl groups is 2. The summed E-state index contributed by atoms with van der Waals surface area (Å²) in [4.78, 5) is 0.370. The monoisotopic (exact) mass is 300 g/mol. The highest BCUT2D eigenvalue weighted by atomic mass is 35.5. The minimum atomic E-state index is -1.55. The highest BCUT2D eigenvalue weighted by Gasteiger charge is 2.42. The fraction of sp³-hybridized carbons (Fsp3) is 0.417. The van der Waals surface area contributed by atoms with Crippen LogP contribution in [0.25, 0.3) is 0 Å². The first-order valence-electron chi connectivity index (χ1n) is 5.69. The largest absolute Gasteiger partial charge is 0.593 e. The lowest BCUT2D eigenvalue weighted by Gasteiger charge is -2.22. The maximum atomic E-state index is 12.4. The summed E-state index contributed by atoms with van der Waals surface area (Å²) in [5.41, 5.74) is -0.959. The van der Waals surface area contributed by atoms with Gasteiger partial charge in [-0.05, 0) is 24.6 Å². The van der Waals surface area contributed by atoms with Crippen molar-refractivity contribution in [3.8, 4) is 6.07 Å². The second-order valence-corrected chi connectivity index (χ2v) is 6.39. The highest BCUT2D eigenvalue weighted by Crippen LogP contribution is 2.29. The number of aliphatic hydroxyl groups excluding tert-OH is 1. The van der Waals surface area contributed by atoms with E-state index in [-0.39, 0.29) is 18.7 Å². The summed E-state index contributed by atoms with van der Waals surface area (Å²) < 4.78 is 13.9. The molecule has 0 radical (unpaired) electrons. The van der Waals surface area contributed by atoms with Gasteiger partial charge in [0.05, 0.1) is 24.5 Å². The molecule has 0 aliphatic carbocycles. The highest BCUT2D eigenvalue weighted by molar-refractivity contribution is 7.89. The Balaban J connectivity index is 2.22. The van der Waals surface area contributed by atoms with Crippen molar-refractivity contribution < 1.29 is 14.8 Å². The van der Waals surface area contributed by atoms with Gasteiger partial charge in [-0.2, -0.15) is 5.26 Å². The lowest BCUT2D eigenvalue weighted by molar-refractivity contribution is -0.000728. The summed E-state index contributed by atoms with van der Waals surface area (Å²) in [7, 11) is 0. The Morgan fingerprint density at radius 2 is 2.32 bits per heavy atom. The van der Waals surface area contributed by atoms with Gasteiger partial charge in [-0.3, -0.25) is 0 Å². The van der Waals surface area contributed by atoms with Crippen molar-refractivity contribution in [2.45, 2.75) is 16.9 Å². The van der Waals surface area contributed by atoms with Gasteiger partial charge in [0.15, 0.2) is 4.90 Å². The van der Waals surface area contributed by atoms with Crippen LogP contribution in [0.2, 0.25) is 5.02 Å². The Morgan fingerprint density at radius 1 is 1.58 bits per heavy atom. The number of hydrogen-bond acceptors (Lipinski definition) is 5. The van der Waals surface area contributed by atoms with Crippen LogP contribution >= 0.6 is 11.6 Å². The third-order valence-electron chi connectivity index (χ3n) is 3.08. The van der Waals surface area contributed by atoms with E-state index in [4.69, 9.17) is 22.0 Å². The van der Waals surface area contributed by atoms with Gasteiger partial charge in [0, 0.05) is 11.6 Å². The molecule has 2 atom stereocenters. The van der Waals surface area contributed by atoms with E-state index >= 15 is 0 Å². The summed E-state index contributed by atoms with van der Waals surface area (Å²) in [5, 5.41) is 28.5. The van der Waals surface area contributed by atoms with Crippen molar-refractivity contribution in [3.05, 3.63) is 28.8 Å². The third-order valence-corrected chi connectivity index (χ3v) is 4.82. The standard InChI is InChI=1S/C12H13ClN2O3S/c13-10-1-2-11(9(5-10)6-14)19(18)15-4-3-12(17,7-15)8-16/h1-2,5,16-17H,3-4,7-8H2. The molecule has 0 aromatic heterocycles. The second-order valence-electron chi connectivity index (χ2n) is 4.50. The predicted octanol–water partition coefficient (Wildman–Crippen LogP) is 0.663. The van der Waals surface area contributed by atoms with E-state index < -0.39 is 17.0 Å². The molecular weight excluding hydrogens is 288 g/mol. The molecule has 2 unspecified atom stereocenters. The molecule has 1 fully saturated rings. The maximum absolute atomic E-state index is 12.4. The van der Waals surface area contributed by atoms with Crippen LogP contribution in [-0.2, 0) is 11.4 Å². The van der Waals surface area contributed by atoms with Crippen LogP contribution in [0.5, 0.6) is 0 Å². The fourth-order valence-corrected chi connectivity index (χ4v) is 3.51. The van der Waals surface area contributed by atoms with Gasteiger partial charge < -0.3 is 14.8 Å². The molecule has 0 saturated carbocycles. The van der Waals surface area contributed by atoms with E-state index in [9.17, 15) is 9.66 Å². The molecule has 1 saturated heterocycles. The van der Waals surface area contributed by atoms with Crippen LogP contribution in [0.3, 0.4) is 0 Å². The van der Waals surface area contributed by atoms with E-state index in [0.717, 1.165) is 0 Å². The Kier molecular flexibility index (Phi) is 4.36. The van der Waals surface area contributed by atoms with Gasteiger partial charge in [0.2, 0.25) is 0 Å². The molecule has 1 heterocycles. The molecule has 2 N–H and O–H groups in total. The molecule has 1 aliphatic rings. The first-order chi connectivity index (χ1) is 8.99. The quantitative estimate of drug-likeness (QED) is 0.801. The number of nitriles is 1. The van der Waals surface area contributed by atoms with E-state index in [1.54, 1.807) is 16.4 Å².